The average Bonchev–Trinajstić information content (AvgIpc) is 3.09. The molecule has 0 unspecified atom stereocenters. The summed E-state index contributed by atoms with van der Waals surface area (Å²) in [5, 5.41) is 5.69. The fourth-order valence-electron chi connectivity index (χ4n) is 2.60. The van der Waals surface area contributed by atoms with Gasteiger partial charge in [-0.05, 0) is 37.0 Å². The van der Waals surface area contributed by atoms with Crippen LogP contribution in [0.15, 0.2) is 53.9 Å². The molecule has 0 amide bonds. The van der Waals surface area contributed by atoms with Crippen LogP contribution in [0.5, 0.6) is 0 Å². The van der Waals surface area contributed by atoms with Gasteiger partial charge >= 0.3 is 0 Å². The van der Waals surface area contributed by atoms with E-state index in [1.807, 2.05) is 37.3 Å². The molecule has 0 aliphatic carbocycles. The van der Waals surface area contributed by atoms with Gasteiger partial charge in [-0.15, -0.1) is 11.3 Å². The first-order valence-corrected chi connectivity index (χ1v) is 9.06. The Bertz CT molecular complexity index is 875. The molecule has 0 radical (unpaired) electrons. The molecule has 3 nitrogen and oxygen atoms in total. The van der Waals surface area contributed by atoms with Gasteiger partial charge in [0.25, 0.3) is 0 Å². The highest BCUT2D eigenvalue weighted by molar-refractivity contribution is 7.13. The van der Waals surface area contributed by atoms with Gasteiger partial charge in [-0.1, -0.05) is 42.5 Å². The molecule has 0 atom stereocenters. The van der Waals surface area contributed by atoms with E-state index >= 15 is 0 Å². The number of aryl methyl sites for hydroxylation is 2. The lowest BCUT2D eigenvalue weighted by atomic mass is 10.0. The first-order valence-electron chi connectivity index (χ1n) is 8.18. The molecule has 0 saturated carbocycles. The number of nitrogens with one attached hydrogen (secondary N) is 1. The maximum Gasteiger partial charge on any atom is 0.212 e. The second kappa shape index (κ2) is 8.03. The fraction of sp³-hybridized carbons (Fsp3) is 0.200. The Balaban J connectivity index is 1.55. The fourth-order valence-corrected chi connectivity index (χ4v) is 3.32. The zero-order valence-corrected chi connectivity index (χ0v) is 14.8. The zero-order valence-electron chi connectivity index (χ0n) is 14.0. The van der Waals surface area contributed by atoms with E-state index < -0.39 is 0 Å². The molecule has 1 heterocycles. The summed E-state index contributed by atoms with van der Waals surface area (Å²) < 4.78 is 13.6. The number of hydrogen-bond donors (Lipinski definition) is 1. The predicted octanol–water partition coefficient (Wildman–Crippen LogP) is 4.87. The SMILES string of the molecule is Cc1ccccc1C(=O)c1csc(NCCCc2ccccc2F)n1. The van der Waals surface area contributed by atoms with Crippen molar-refractivity contribution in [2.75, 3.05) is 11.9 Å². The van der Waals surface area contributed by atoms with Gasteiger partial charge in [0.2, 0.25) is 5.78 Å². The summed E-state index contributed by atoms with van der Waals surface area (Å²) in [7, 11) is 0. The molecule has 128 valence electrons. The molecular weight excluding hydrogens is 335 g/mol. The van der Waals surface area contributed by atoms with Crippen molar-refractivity contribution < 1.29 is 9.18 Å². The van der Waals surface area contributed by atoms with Crippen molar-refractivity contribution in [2.24, 2.45) is 0 Å². The molecule has 25 heavy (non-hydrogen) atoms. The van der Waals surface area contributed by atoms with Crippen molar-refractivity contribution in [3.05, 3.63) is 82.1 Å². The molecule has 0 aliphatic rings. The lowest BCUT2D eigenvalue weighted by molar-refractivity contribution is 0.103. The van der Waals surface area contributed by atoms with Crippen LogP contribution in [0.1, 0.15) is 33.6 Å². The number of anilines is 1. The van der Waals surface area contributed by atoms with Crippen LogP contribution < -0.4 is 5.32 Å². The number of benzene rings is 2. The number of rotatable bonds is 7. The summed E-state index contributed by atoms with van der Waals surface area (Å²) in [4.78, 5) is 16.9. The third-order valence-electron chi connectivity index (χ3n) is 3.98. The summed E-state index contributed by atoms with van der Waals surface area (Å²) in [6.07, 6.45) is 1.46. The molecule has 0 saturated heterocycles. The summed E-state index contributed by atoms with van der Waals surface area (Å²) in [5.41, 5.74) is 2.80. The molecule has 0 fully saturated rings. The molecule has 0 aliphatic heterocycles. The highest BCUT2D eigenvalue weighted by Gasteiger charge is 2.14. The first-order chi connectivity index (χ1) is 12.1. The van der Waals surface area contributed by atoms with Gasteiger partial charge in [0.15, 0.2) is 5.13 Å². The molecule has 0 bridgehead atoms. The predicted molar refractivity (Wildman–Crippen MR) is 99.9 cm³/mol. The molecule has 2 aromatic carbocycles. The van der Waals surface area contributed by atoms with E-state index in [1.54, 1.807) is 17.5 Å². The second-order valence-electron chi connectivity index (χ2n) is 5.80. The van der Waals surface area contributed by atoms with Crippen molar-refractivity contribution in [3.8, 4) is 0 Å². The highest BCUT2D eigenvalue weighted by atomic mass is 32.1. The van der Waals surface area contributed by atoms with E-state index in [2.05, 4.69) is 10.3 Å². The number of aromatic nitrogens is 1. The normalized spacial score (nSPS) is 10.6. The Hall–Kier alpha value is -2.53. The molecule has 3 rings (SSSR count). The van der Waals surface area contributed by atoms with E-state index in [0.717, 1.165) is 17.5 Å². The number of hydrogen-bond acceptors (Lipinski definition) is 4. The van der Waals surface area contributed by atoms with Crippen LogP contribution >= 0.6 is 11.3 Å². The Kier molecular flexibility index (Phi) is 5.56. The molecule has 5 heteroatoms. The largest absolute Gasteiger partial charge is 0.361 e. The van der Waals surface area contributed by atoms with Gasteiger partial charge < -0.3 is 5.32 Å². The summed E-state index contributed by atoms with van der Waals surface area (Å²) in [5.74, 6) is -0.225. The molecule has 0 spiro atoms. The lowest BCUT2D eigenvalue weighted by Gasteiger charge is -2.04. The van der Waals surface area contributed by atoms with Gasteiger partial charge in [0, 0.05) is 17.5 Å². The van der Waals surface area contributed by atoms with Crippen molar-refractivity contribution in [1.29, 1.82) is 0 Å². The topological polar surface area (TPSA) is 42.0 Å². The summed E-state index contributed by atoms with van der Waals surface area (Å²) >= 11 is 1.41. The Morgan fingerprint density at radius 2 is 1.92 bits per heavy atom. The highest BCUT2D eigenvalue weighted by Crippen LogP contribution is 2.20. The molecule has 3 aromatic rings. The van der Waals surface area contributed by atoms with Crippen LogP contribution in [-0.2, 0) is 6.42 Å². The smallest absolute Gasteiger partial charge is 0.212 e. The van der Waals surface area contributed by atoms with Crippen molar-refractivity contribution in [1.82, 2.24) is 4.98 Å². The average molecular weight is 354 g/mol. The van der Waals surface area contributed by atoms with Crippen molar-refractivity contribution >= 4 is 22.3 Å². The summed E-state index contributed by atoms with van der Waals surface area (Å²) in [6.45, 7) is 2.60. The maximum absolute atomic E-state index is 13.6. The third-order valence-corrected chi connectivity index (χ3v) is 4.78. The minimum absolute atomic E-state index is 0.0613. The summed E-state index contributed by atoms with van der Waals surface area (Å²) in [6, 6.07) is 14.3. The molecular formula is C20H19FN2OS. The first kappa shape index (κ1) is 17.3. The van der Waals surface area contributed by atoms with Gasteiger partial charge in [-0.3, -0.25) is 4.79 Å². The van der Waals surface area contributed by atoms with Crippen molar-refractivity contribution in [2.45, 2.75) is 19.8 Å². The van der Waals surface area contributed by atoms with E-state index in [1.165, 1.54) is 17.4 Å². The van der Waals surface area contributed by atoms with Gasteiger partial charge in [-0.25, -0.2) is 9.37 Å². The number of carbonyl (C=O) groups is 1. The van der Waals surface area contributed by atoms with Crippen molar-refractivity contribution in [3.63, 3.8) is 0 Å². The van der Waals surface area contributed by atoms with Crippen LogP contribution in [0.3, 0.4) is 0 Å². The Morgan fingerprint density at radius 1 is 1.16 bits per heavy atom. The lowest BCUT2D eigenvalue weighted by Crippen LogP contribution is -2.06. The quantitative estimate of drug-likeness (QED) is 0.486. The van der Waals surface area contributed by atoms with E-state index in [4.69, 9.17) is 0 Å². The van der Waals surface area contributed by atoms with Crippen LogP contribution in [0.25, 0.3) is 0 Å². The minimum Gasteiger partial charge on any atom is -0.361 e. The van der Waals surface area contributed by atoms with E-state index in [9.17, 15) is 9.18 Å². The van der Waals surface area contributed by atoms with Crippen LogP contribution in [0, 0.1) is 12.7 Å². The monoisotopic (exact) mass is 354 g/mol. The maximum atomic E-state index is 13.6. The number of ketones is 1. The number of carbonyl (C=O) groups excluding carboxylic acids is 1. The van der Waals surface area contributed by atoms with E-state index in [0.29, 0.717) is 29.4 Å². The molecule has 1 N–H and O–H groups in total. The number of thiazole rings is 1. The van der Waals surface area contributed by atoms with Crippen LogP contribution in [0.2, 0.25) is 0 Å². The minimum atomic E-state index is -0.164. The van der Waals surface area contributed by atoms with Crippen LogP contribution in [0.4, 0.5) is 9.52 Å². The van der Waals surface area contributed by atoms with Gasteiger partial charge in [0.05, 0.1) is 0 Å². The number of nitrogens with zero attached hydrogens (tertiary/aromatic N) is 1. The molecule has 1 aromatic heterocycles. The number of halogens is 1. The second-order valence-corrected chi connectivity index (χ2v) is 6.66. The van der Waals surface area contributed by atoms with E-state index in [-0.39, 0.29) is 11.6 Å². The van der Waals surface area contributed by atoms with Gasteiger partial charge in [0.1, 0.15) is 11.5 Å². The zero-order chi connectivity index (χ0) is 17.6. The standard InChI is InChI=1S/C20H19FN2OS/c1-14-7-2-4-10-16(14)19(24)18-13-25-20(23-18)22-12-6-9-15-8-3-5-11-17(15)21/h2-5,7-8,10-11,13H,6,9,12H2,1H3,(H,22,23). The third kappa shape index (κ3) is 4.31. The van der Waals surface area contributed by atoms with Gasteiger partial charge in [-0.2, -0.15) is 0 Å². The van der Waals surface area contributed by atoms with Crippen LogP contribution in [-0.4, -0.2) is 17.3 Å². The Labute approximate surface area is 150 Å². The Morgan fingerprint density at radius 3 is 2.72 bits per heavy atom.